The molecule has 2 aliphatic rings. The molecule has 0 spiro atoms. The van der Waals surface area contributed by atoms with Crippen LogP contribution >= 0.6 is 0 Å². The Morgan fingerprint density at radius 3 is 2.19 bits per heavy atom. The molecule has 1 aliphatic carbocycles. The quantitative estimate of drug-likeness (QED) is 0.163. The Morgan fingerprint density at radius 2 is 1.48 bits per heavy atom. The molecule has 1 heterocycles. The molecular formula is C34H34N4O3S. The maximum absolute atomic E-state index is 13.4. The van der Waals surface area contributed by atoms with E-state index >= 15 is 0 Å². The molecule has 0 radical (unpaired) electrons. The van der Waals surface area contributed by atoms with E-state index in [9.17, 15) is 13.2 Å². The SMILES string of the molecule is O=C1Nc2ccc(S(=O)(=O)Nc3ccccc3)cc2/C1=C(/Nc1ccc(CNC2CCCCC2)cc1)c1ccccc1. The monoisotopic (exact) mass is 578 g/mol. The van der Waals surface area contributed by atoms with Crippen LogP contribution in [0.25, 0.3) is 11.3 Å². The molecule has 1 fully saturated rings. The lowest BCUT2D eigenvalue weighted by Gasteiger charge is -2.23. The Labute approximate surface area is 247 Å². The van der Waals surface area contributed by atoms with E-state index in [2.05, 4.69) is 32.8 Å². The summed E-state index contributed by atoms with van der Waals surface area (Å²) in [5, 5.41) is 10.1. The topological polar surface area (TPSA) is 99.3 Å². The molecule has 4 N–H and O–H groups in total. The first kappa shape index (κ1) is 27.8. The van der Waals surface area contributed by atoms with Gasteiger partial charge in [0.05, 0.1) is 16.2 Å². The van der Waals surface area contributed by atoms with Crippen LogP contribution in [0.4, 0.5) is 17.1 Å². The molecule has 1 aliphatic heterocycles. The van der Waals surface area contributed by atoms with Gasteiger partial charge in [-0.15, -0.1) is 0 Å². The van der Waals surface area contributed by atoms with Gasteiger partial charge in [0.25, 0.3) is 15.9 Å². The van der Waals surface area contributed by atoms with Crippen molar-refractivity contribution in [2.24, 2.45) is 0 Å². The van der Waals surface area contributed by atoms with Gasteiger partial charge in [-0.3, -0.25) is 9.52 Å². The summed E-state index contributed by atoms with van der Waals surface area (Å²) < 4.78 is 29.1. The summed E-state index contributed by atoms with van der Waals surface area (Å²) in [6.07, 6.45) is 6.41. The van der Waals surface area contributed by atoms with Crippen molar-refractivity contribution in [2.75, 3.05) is 15.4 Å². The van der Waals surface area contributed by atoms with Gasteiger partial charge < -0.3 is 16.0 Å². The lowest BCUT2D eigenvalue weighted by atomic mass is 9.95. The molecule has 0 aromatic heterocycles. The molecule has 0 bridgehead atoms. The summed E-state index contributed by atoms with van der Waals surface area (Å²) in [5.41, 5.74) is 5.38. The maximum Gasteiger partial charge on any atom is 0.261 e. The number of hydrogen-bond acceptors (Lipinski definition) is 5. The van der Waals surface area contributed by atoms with Crippen molar-refractivity contribution in [3.05, 3.63) is 120 Å². The number of para-hydroxylation sites is 1. The Balaban J connectivity index is 1.31. The summed E-state index contributed by atoms with van der Waals surface area (Å²) in [5.74, 6) is -0.296. The normalized spacial score (nSPS) is 16.4. The fraction of sp³-hybridized carbons (Fsp3) is 0.206. The number of benzene rings is 4. The van der Waals surface area contributed by atoms with Gasteiger partial charge in [0.2, 0.25) is 0 Å². The van der Waals surface area contributed by atoms with Gasteiger partial charge in [-0.2, -0.15) is 0 Å². The predicted octanol–water partition coefficient (Wildman–Crippen LogP) is 6.84. The lowest BCUT2D eigenvalue weighted by molar-refractivity contribution is -0.110. The van der Waals surface area contributed by atoms with Gasteiger partial charge in [-0.25, -0.2) is 8.42 Å². The molecule has 42 heavy (non-hydrogen) atoms. The van der Waals surface area contributed by atoms with Gasteiger partial charge in [0.15, 0.2) is 0 Å². The van der Waals surface area contributed by atoms with E-state index in [1.807, 2.05) is 48.5 Å². The Bertz CT molecular complexity index is 1700. The van der Waals surface area contributed by atoms with E-state index in [-0.39, 0.29) is 10.8 Å². The molecular weight excluding hydrogens is 544 g/mol. The number of carbonyl (C=O) groups is 1. The highest BCUT2D eigenvalue weighted by atomic mass is 32.2. The minimum absolute atomic E-state index is 0.0707. The number of amides is 1. The predicted molar refractivity (Wildman–Crippen MR) is 169 cm³/mol. The summed E-state index contributed by atoms with van der Waals surface area (Å²) in [7, 11) is -3.88. The molecule has 0 saturated heterocycles. The first-order chi connectivity index (χ1) is 20.5. The summed E-state index contributed by atoms with van der Waals surface area (Å²) in [6.45, 7) is 0.821. The van der Waals surface area contributed by atoms with Crippen molar-refractivity contribution >= 4 is 44.3 Å². The highest BCUT2D eigenvalue weighted by Gasteiger charge is 2.30. The zero-order valence-electron chi connectivity index (χ0n) is 23.3. The number of nitrogens with one attached hydrogen (secondary N) is 4. The van der Waals surface area contributed by atoms with Gasteiger partial charge in [-0.1, -0.05) is 79.9 Å². The number of fused-ring (bicyclic) bond motifs is 1. The second-order valence-electron chi connectivity index (χ2n) is 10.8. The van der Waals surface area contributed by atoms with Gasteiger partial charge in [0.1, 0.15) is 0 Å². The number of rotatable bonds is 9. The molecule has 7 nitrogen and oxygen atoms in total. The van der Waals surface area contributed by atoms with Gasteiger partial charge >= 0.3 is 0 Å². The van der Waals surface area contributed by atoms with Crippen LogP contribution in [0.2, 0.25) is 0 Å². The molecule has 4 aromatic rings. The van der Waals surface area contributed by atoms with E-state index in [0.29, 0.717) is 34.3 Å². The molecule has 4 aromatic carbocycles. The Morgan fingerprint density at radius 1 is 0.786 bits per heavy atom. The fourth-order valence-corrected chi connectivity index (χ4v) is 6.67. The number of hydrogen-bond donors (Lipinski definition) is 4. The van der Waals surface area contributed by atoms with E-state index in [1.165, 1.54) is 43.7 Å². The Hall–Kier alpha value is -4.40. The van der Waals surface area contributed by atoms with Crippen LogP contribution in [0.15, 0.2) is 108 Å². The van der Waals surface area contributed by atoms with Gasteiger partial charge in [-0.05, 0) is 66.4 Å². The number of carbonyl (C=O) groups excluding carboxylic acids is 1. The van der Waals surface area contributed by atoms with Crippen LogP contribution in [0.1, 0.15) is 48.8 Å². The van der Waals surface area contributed by atoms with Crippen molar-refractivity contribution in [3.63, 3.8) is 0 Å². The van der Waals surface area contributed by atoms with Crippen LogP contribution < -0.4 is 20.7 Å². The van der Waals surface area contributed by atoms with Crippen LogP contribution in [-0.2, 0) is 21.4 Å². The molecule has 0 unspecified atom stereocenters. The molecule has 0 atom stereocenters. The summed E-state index contributed by atoms with van der Waals surface area (Å²) >= 11 is 0. The van der Waals surface area contributed by atoms with E-state index in [0.717, 1.165) is 17.8 Å². The van der Waals surface area contributed by atoms with E-state index < -0.39 is 10.0 Å². The Kier molecular flexibility index (Phi) is 8.08. The first-order valence-corrected chi connectivity index (χ1v) is 15.9. The van der Waals surface area contributed by atoms with Crippen molar-refractivity contribution in [1.82, 2.24) is 5.32 Å². The molecule has 214 valence electrons. The molecule has 8 heteroatoms. The fourth-order valence-electron chi connectivity index (χ4n) is 5.58. The second-order valence-corrected chi connectivity index (χ2v) is 12.5. The summed E-state index contributed by atoms with van der Waals surface area (Å²) in [4.78, 5) is 13.5. The molecule has 1 saturated carbocycles. The van der Waals surface area contributed by atoms with E-state index in [1.54, 1.807) is 36.4 Å². The van der Waals surface area contributed by atoms with Crippen LogP contribution in [-0.4, -0.2) is 20.4 Å². The van der Waals surface area contributed by atoms with Gasteiger partial charge in [0, 0.05) is 35.2 Å². The minimum atomic E-state index is -3.88. The highest BCUT2D eigenvalue weighted by molar-refractivity contribution is 7.92. The highest BCUT2D eigenvalue weighted by Crippen LogP contribution is 2.39. The maximum atomic E-state index is 13.4. The third-order valence-corrected chi connectivity index (χ3v) is 9.19. The number of sulfonamides is 1. The van der Waals surface area contributed by atoms with Crippen LogP contribution in [0.5, 0.6) is 0 Å². The van der Waals surface area contributed by atoms with Crippen LogP contribution in [0, 0.1) is 0 Å². The zero-order chi connectivity index (χ0) is 28.9. The average molecular weight is 579 g/mol. The largest absolute Gasteiger partial charge is 0.354 e. The standard InChI is InChI=1S/C34H34N4O3S/c39-34-32(30-22-29(20-21-31(30)37-34)42(40,41)38-28-14-8-3-9-15-28)33(25-10-4-1-5-11-25)36-27-18-16-24(17-19-27)23-35-26-12-6-2-7-13-26/h1,3-5,8-11,14-22,26,35-36,38H,2,6-7,12-13,23H2,(H,37,39)/b33-32-. The molecule has 1 amide bonds. The van der Waals surface area contributed by atoms with Crippen molar-refractivity contribution < 1.29 is 13.2 Å². The smallest absolute Gasteiger partial charge is 0.261 e. The third kappa shape index (κ3) is 6.25. The third-order valence-electron chi connectivity index (χ3n) is 7.81. The zero-order valence-corrected chi connectivity index (χ0v) is 24.1. The van der Waals surface area contributed by atoms with Crippen molar-refractivity contribution in [3.8, 4) is 0 Å². The number of anilines is 3. The lowest BCUT2D eigenvalue weighted by Crippen LogP contribution is -2.30. The van der Waals surface area contributed by atoms with Crippen molar-refractivity contribution in [1.29, 1.82) is 0 Å². The minimum Gasteiger partial charge on any atom is -0.354 e. The van der Waals surface area contributed by atoms with Crippen molar-refractivity contribution in [2.45, 2.75) is 49.6 Å². The molecule has 6 rings (SSSR count). The summed E-state index contributed by atoms with van der Waals surface area (Å²) in [6, 6.07) is 31.8. The van der Waals surface area contributed by atoms with Crippen LogP contribution in [0.3, 0.4) is 0 Å². The first-order valence-electron chi connectivity index (χ1n) is 14.4. The average Bonchev–Trinajstić information content (AvgIpc) is 3.35. The second kappa shape index (κ2) is 12.2. The van der Waals surface area contributed by atoms with E-state index in [4.69, 9.17) is 0 Å².